The van der Waals surface area contributed by atoms with Gasteiger partial charge in [0.2, 0.25) is 0 Å². The smallest absolute Gasteiger partial charge is 0.298 e. The standard InChI is InChI=1S/C11H12N2O2S/c14-11(12-9-4-2-1-3-5-9)15-13-10-6-7-16-8-10/h1-5H,6-8H2,(H,12,14)/b13-10+. The summed E-state index contributed by atoms with van der Waals surface area (Å²) in [5, 5.41) is 6.39. The summed E-state index contributed by atoms with van der Waals surface area (Å²) in [5.41, 5.74) is 1.64. The number of benzene rings is 1. The molecule has 0 spiro atoms. The maximum absolute atomic E-state index is 11.3. The van der Waals surface area contributed by atoms with E-state index in [2.05, 4.69) is 10.5 Å². The zero-order valence-electron chi connectivity index (χ0n) is 8.68. The van der Waals surface area contributed by atoms with E-state index in [1.807, 2.05) is 18.2 Å². The van der Waals surface area contributed by atoms with Crippen LogP contribution in [-0.2, 0) is 4.84 Å². The van der Waals surface area contributed by atoms with Crippen LogP contribution >= 0.6 is 11.8 Å². The second-order valence-electron chi connectivity index (χ2n) is 3.33. The summed E-state index contributed by atoms with van der Waals surface area (Å²) in [7, 11) is 0. The molecule has 1 aliphatic rings. The largest absolute Gasteiger partial charge is 0.437 e. The average Bonchev–Trinajstić information content (AvgIpc) is 2.81. The highest BCUT2D eigenvalue weighted by atomic mass is 32.2. The van der Waals surface area contributed by atoms with Gasteiger partial charge in [0.05, 0.1) is 5.71 Å². The van der Waals surface area contributed by atoms with Crippen molar-refractivity contribution in [2.24, 2.45) is 5.16 Å². The van der Waals surface area contributed by atoms with E-state index in [0.717, 1.165) is 23.6 Å². The third-order valence-electron chi connectivity index (χ3n) is 2.08. The van der Waals surface area contributed by atoms with Crippen LogP contribution in [0.1, 0.15) is 6.42 Å². The molecule has 1 aromatic rings. The van der Waals surface area contributed by atoms with Gasteiger partial charge in [0.25, 0.3) is 0 Å². The van der Waals surface area contributed by atoms with E-state index in [9.17, 15) is 4.79 Å². The fraction of sp³-hybridized carbons (Fsp3) is 0.273. The van der Waals surface area contributed by atoms with Crippen molar-refractivity contribution in [1.82, 2.24) is 0 Å². The minimum atomic E-state index is -0.546. The highest BCUT2D eigenvalue weighted by molar-refractivity contribution is 8.00. The molecule has 1 aliphatic heterocycles. The predicted molar refractivity (Wildman–Crippen MR) is 65.9 cm³/mol. The number of thioether (sulfide) groups is 1. The predicted octanol–water partition coefficient (Wildman–Crippen LogP) is 2.73. The Morgan fingerprint density at radius 1 is 1.38 bits per heavy atom. The van der Waals surface area contributed by atoms with Gasteiger partial charge in [-0.25, -0.2) is 4.79 Å². The maximum atomic E-state index is 11.3. The Morgan fingerprint density at radius 2 is 2.19 bits per heavy atom. The molecule has 16 heavy (non-hydrogen) atoms. The van der Waals surface area contributed by atoms with Gasteiger partial charge in [-0.2, -0.15) is 11.8 Å². The second-order valence-corrected chi connectivity index (χ2v) is 4.44. The van der Waals surface area contributed by atoms with Gasteiger partial charge < -0.3 is 0 Å². The topological polar surface area (TPSA) is 50.7 Å². The number of oxime groups is 1. The Hall–Kier alpha value is -1.49. The Bertz CT molecular complexity index is 384. The molecule has 0 bridgehead atoms. The lowest BCUT2D eigenvalue weighted by molar-refractivity contribution is 0.166. The van der Waals surface area contributed by atoms with Gasteiger partial charge >= 0.3 is 6.09 Å². The van der Waals surface area contributed by atoms with Crippen LogP contribution in [0.25, 0.3) is 0 Å². The summed E-state index contributed by atoms with van der Waals surface area (Å²) in [5.74, 6) is 1.92. The number of rotatable bonds is 2. The van der Waals surface area contributed by atoms with Crippen molar-refractivity contribution < 1.29 is 9.63 Å². The van der Waals surface area contributed by atoms with Gasteiger partial charge in [0.1, 0.15) is 0 Å². The number of nitrogens with one attached hydrogen (secondary N) is 1. The number of hydrogen-bond donors (Lipinski definition) is 1. The Balaban J connectivity index is 1.82. The summed E-state index contributed by atoms with van der Waals surface area (Å²) in [6.07, 6.45) is 0.360. The Labute approximate surface area is 98.0 Å². The number of nitrogens with zero attached hydrogens (tertiary/aromatic N) is 1. The first-order valence-electron chi connectivity index (χ1n) is 5.01. The molecule has 0 saturated carbocycles. The zero-order valence-corrected chi connectivity index (χ0v) is 9.50. The molecule has 2 rings (SSSR count). The normalized spacial score (nSPS) is 17.4. The highest BCUT2D eigenvalue weighted by Crippen LogP contribution is 2.14. The molecule has 1 saturated heterocycles. The molecule has 0 radical (unpaired) electrons. The highest BCUT2D eigenvalue weighted by Gasteiger charge is 2.10. The molecule has 4 nitrogen and oxygen atoms in total. The van der Waals surface area contributed by atoms with Crippen LogP contribution in [0.15, 0.2) is 35.5 Å². The fourth-order valence-corrected chi connectivity index (χ4v) is 2.25. The van der Waals surface area contributed by atoms with E-state index >= 15 is 0 Å². The molecule has 1 amide bonds. The van der Waals surface area contributed by atoms with Crippen molar-refractivity contribution >= 4 is 29.3 Å². The average molecular weight is 236 g/mol. The maximum Gasteiger partial charge on any atom is 0.437 e. The van der Waals surface area contributed by atoms with Crippen molar-refractivity contribution in [2.75, 3.05) is 16.8 Å². The van der Waals surface area contributed by atoms with Crippen LogP contribution in [0, 0.1) is 0 Å². The lowest BCUT2D eigenvalue weighted by atomic mass is 10.3. The molecular weight excluding hydrogens is 224 g/mol. The third kappa shape index (κ3) is 3.27. The van der Waals surface area contributed by atoms with Crippen LogP contribution in [-0.4, -0.2) is 23.3 Å². The zero-order chi connectivity index (χ0) is 11.2. The minimum absolute atomic E-state index is 0.546. The van der Waals surface area contributed by atoms with Crippen LogP contribution < -0.4 is 5.32 Å². The summed E-state index contributed by atoms with van der Waals surface area (Å²) >= 11 is 1.80. The molecule has 84 valence electrons. The first-order valence-corrected chi connectivity index (χ1v) is 6.16. The summed E-state index contributed by atoms with van der Waals surface area (Å²) in [6.45, 7) is 0. The number of carbonyl (C=O) groups is 1. The number of amides is 1. The Morgan fingerprint density at radius 3 is 2.88 bits per heavy atom. The number of hydrogen-bond acceptors (Lipinski definition) is 4. The molecule has 5 heteroatoms. The van der Waals surface area contributed by atoms with Crippen LogP contribution in [0.3, 0.4) is 0 Å². The summed E-state index contributed by atoms with van der Waals surface area (Å²) < 4.78 is 0. The van der Waals surface area contributed by atoms with Gasteiger partial charge in [0, 0.05) is 11.4 Å². The van der Waals surface area contributed by atoms with E-state index in [-0.39, 0.29) is 0 Å². The number of anilines is 1. The molecule has 0 aliphatic carbocycles. The SMILES string of the molecule is O=C(Nc1ccccc1)O/N=C1\CCSC1. The van der Waals surface area contributed by atoms with Crippen molar-refractivity contribution in [1.29, 1.82) is 0 Å². The lowest BCUT2D eigenvalue weighted by Gasteiger charge is -2.02. The van der Waals surface area contributed by atoms with E-state index in [0.29, 0.717) is 5.69 Å². The van der Waals surface area contributed by atoms with Crippen molar-refractivity contribution in [3.8, 4) is 0 Å². The van der Waals surface area contributed by atoms with Gasteiger partial charge in [-0.1, -0.05) is 23.4 Å². The van der Waals surface area contributed by atoms with Crippen molar-refractivity contribution in [3.63, 3.8) is 0 Å². The van der Waals surface area contributed by atoms with Gasteiger partial charge in [-0.3, -0.25) is 10.2 Å². The molecule has 0 unspecified atom stereocenters. The van der Waals surface area contributed by atoms with E-state index in [1.54, 1.807) is 23.9 Å². The quantitative estimate of drug-likeness (QED) is 0.634. The lowest BCUT2D eigenvalue weighted by Crippen LogP contribution is -2.12. The molecule has 0 atom stereocenters. The number of para-hydroxylation sites is 1. The second kappa shape index (κ2) is 5.55. The molecule has 1 N–H and O–H groups in total. The first-order chi connectivity index (χ1) is 7.84. The third-order valence-corrected chi connectivity index (χ3v) is 3.11. The fourth-order valence-electron chi connectivity index (χ4n) is 1.29. The van der Waals surface area contributed by atoms with Crippen molar-refractivity contribution in [2.45, 2.75) is 6.42 Å². The molecule has 0 aromatic heterocycles. The molecule has 1 aromatic carbocycles. The minimum Gasteiger partial charge on any atom is -0.298 e. The molecular formula is C11H12N2O2S. The van der Waals surface area contributed by atoms with E-state index in [4.69, 9.17) is 4.84 Å². The van der Waals surface area contributed by atoms with Crippen LogP contribution in [0.5, 0.6) is 0 Å². The Kier molecular flexibility index (Phi) is 3.82. The van der Waals surface area contributed by atoms with Gasteiger partial charge in [-0.15, -0.1) is 0 Å². The first kappa shape index (κ1) is 11.0. The van der Waals surface area contributed by atoms with Crippen LogP contribution in [0.4, 0.5) is 10.5 Å². The summed E-state index contributed by atoms with van der Waals surface area (Å²) in [4.78, 5) is 16.1. The van der Waals surface area contributed by atoms with Gasteiger partial charge in [-0.05, 0) is 24.3 Å². The molecule has 1 heterocycles. The van der Waals surface area contributed by atoms with Crippen LogP contribution in [0.2, 0.25) is 0 Å². The van der Waals surface area contributed by atoms with E-state index in [1.165, 1.54) is 0 Å². The van der Waals surface area contributed by atoms with E-state index < -0.39 is 6.09 Å². The van der Waals surface area contributed by atoms with Crippen molar-refractivity contribution in [3.05, 3.63) is 30.3 Å². The molecule has 1 fully saturated rings. The monoisotopic (exact) mass is 236 g/mol. The van der Waals surface area contributed by atoms with Gasteiger partial charge in [0.15, 0.2) is 0 Å². The summed E-state index contributed by atoms with van der Waals surface area (Å²) in [6, 6.07) is 9.15. The number of carbonyl (C=O) groups excluding carboxylic acids is 1.